The molecule has 3 nitrogen and oxygen atoms in total. The number of hydrogen-bond acceptors (Lipinski definition) is 3. The highest BCUT2D eigenvalue weighted by Gasteiger charge is 2.49. The number of piperidine rings is 1. The summed E-state index contributed by atoms with van der Waals surface area (Å²) in [5.41, 5.74) is 2.97. The fourth-order valence-corrected chi connectivity index (χ4v) is 5.57. The molecule has 28 heavy (non-hydrogen) atoms. The van der Waals surface area contributed by atoms with Gasteiger partial charge in [-0.1, -0.05) is 48.9 Å². The van der Waals surface area contributed by atoms with Crippen molar-refractivity contribution >= 4 is 6.08 Å². The Bertz CT molecular complexity index is 674. The van der Waals surface area contributed by atoms with Crippen LogP contribution in [0.1, 0.15) is 64.9 Å². The van der Waals surface area contributed by atoms with E-state index in [0.717, 1.165) is 38.0 Å². The molecule has 2 saturated carbocycles. The molecule has 2 N–H and O–H groups in total. The maximum Gasteiger partial charge on any atom is 0.0718 e. The van der Waals surface area contributed by atoms with Crippen LogP contribution < -0.4 is 5.32 Å². The van der Waals surface area contributed by atoms with Crippen molar-refractivity contribution < 1.29 is 5.11 Å². The molecular weight excluding hydrogens is 344 g/mol. The highest BCUT2D eigenvalue weighted by atomic mass is 16.3. The zero-order chi connectivity index (χ0) is 19.8. The first-order valence-corrected chi connectivity index (χ1v) is 11.3. The van der Waals surface area contributed by atoms with Gasteiger partial charge in [0.2, 0.25) is 0 Å². The Morgan fingerprint density at radius 1 is 1.21 bits per heavy atom. The average Bonchev–Trinajstić information content (AvgIpc) is 3.39. The van der Waals surface area contributed by atoms with Gasteiger partial charge < -0.3 is 15.3 Å². The first kappa shape index (κ1) is 20.1. The first-order valence-electron chi connectivity index (χ1n) is 11.3. The maximum absolute atomic E-state index is 10.0. The Kier molecular flexibility index (Phi) is 5.70. The summed E-state index contributed by atoms with van der Waals surface area (Å²) in [6, 6.07) is 12.2. The molecule has 3 aliphatic rings. The Morgan fingerprint density at radius 2 is 1.89 bits per heavy atom. The average molecular weight is 383 g/mol. The molecule has 3 heteroatoms. The fourth-order valence-electron chi connectivity index (χ4n) is 5.57. The summed E-state index contributed by atoms with van der Waals surface area (Å²) in [7, 11) is 0. The van der Waals surface area contributed by atoms with Crippen LogP contribution >= 0.6 is 0 Å². The standard InChI is InChI=1S/C25H38N2O/c1-4-20(14-19-8-6-5-7-9-19)22-15-23(22)26-21-16-25(17-21)10-12-27(13-11-25)18-24(2,3)28/h5-9,14,21-23,26,28H,4,10-13,15-18H2,1-3H3/b20-14+/t22-,23+/m1/s1. The van der Waals surface area contributed by atoms with Gasteiger partial charge in [0.1, 0.15) is 0 Å². The third-order valence-electron chi connectivity index (χ3n) is 7.16. The van der Waals surface area contributed by atoms with Crippen LogP contribution in [0.25, 0.3) is 6.08 Å². The fraction of sp³-hybridized carbons (Fsp3) is 0.680. The molecule has 2 aliphatic carbocycles. The molecule has 0 amide bonds. The second kappa shape index (κ2) is 7.93. The van der Waals surface area contributed by atoms with E-state index in [1.165, 1.54) is 37.7 Å². The van der Waals surface area contributed by atoms with Crippen molar-refractivity contribution in [2.24, 2.45) is 11.3 Å². The zero-order valence-electron chi connectivity index (χ0n) is 18.0. The molecule has 0 bridgehead atoms. The molecule has 2 atom stereocenters. The predicted octanol–water partition coefficient (Wildman–Crippen LogP) is 4.47. The lowest BCUT2D eigenvalue weighted by Gasteiger charge is -2.53. The number of nitrogens with zero attached hydrogens (tertiary/aromatic N) is 1. The lowest BCUT2D eigenvalue weighted by Crippen LogP contribution is -2.55. The summed E-state index contributed by atoms with van der Waals surface area (Å²) in [5, 5.41) is 14.0. The Hall–Kier alpha value is -1.16. The van der Waals surface area contributed by atoms with Crippen LogP contribution in [0.5, 0.6) is 0 Å². The third kappa shape index (κ3) is 4.87. The largest absolute Gasteiger partial charge is 0.389 e. The molecule has 0 aromatic heterocycles. The molecule has 1 aromatic rings. The van der Waals surface area contributed by atoms with Gasteiger partial charge in [-0.05, 0) is 82.4 Å². The monoisotopic (exact) mass is 382 g/mol. The molecule has 1 aromatic carbocycles. The summed E-state index contributed by atoms with van der Waals surface area (Å²) in [6.45, 7) is 9.25. The van der Waals surface area contributed by atoms with Crippen LogP contribution in [0.15, 0.2) is 35.9 Å². The number of nitrogens with one attached hydrogen (secondary N) is 1. The van der Waals surface area contributed by atoms with Gasteiger partial charge >= 0.3 is 0 Å². The molecule has 0 unspecified atom stereocenters. The van der Waals surface area contributed by atoms with Gasteiger partial charge in [-0.15, -0.1) is 0 Å². The minimum absolute atomic E-state index is 0.570. The molecular formula is C25H38N2O. The zero-order valence-corrected chi connectivity index (χ0v) is 18.0. The summed E-state index contributed by atoms with van der Waals surface area (Å²) >= 11 is 0. The van der Waals surface area contributed by atoms with E-state index in [-0.39, 0.29) is 0 Å². The van der Waals surface area contributed by atoms with Crippen molar-refractivity contribution in [1.82, 2.24) is 10.2 Å². The lowest BCUT2D eigenvalue weighted by atomic mass is 9.60. The Labute approximate surface area is 171 Å². The summed E-state index contributed by atoms with van der Waals surface area (Å²) in [6.07, 6.45) is 10.2. The van der Waals surface area contributed by atoms with E-state index in [1.54, 1.807) is 5.57 Å². The second-order valence-electron chi connectivity index (χ2n) is 10.3. The van der Waals surface area contributed by atoms with Gasteiger partial charge in [-0.25, -0.2) is 0 Å². The normalized spacial score (nSPS) is 28.4. The van der Waals surface area contributed by atoms with Crippen LogP contribution in [0, 0.1) is 11.3 Å². The van der Waals surface area contributed by atoms with Crippen LogP contribution in [0.4, 0.5) is 0 Å². The number of β-amino-alcohol motifs (C(OH)–C–C–N with tert-alkyl or cyclic N) is 1. The van der Waals surface area contributed by atoms with Gasteiger partial charge in [0.15, 0.2) is 0 Å². The quantitative estimate of drug-likeness (QED) is 0.730. The van der Waals surface area contributed by atoms with Crippen LogP contribution in [0.3, 0.4) is 0 Å². The molecule has 1 aliphatic heterocycles. The second-order valence-corrected chi connectivity index (χ2v) is 10.3. The smallest absolute Gasteiger partial charge is 0.0718 e. The van der Waals surface area contributed by atoms with Crippen LogP contribution in [-0.4, -0.2) is 47.3 Å². The van der Waals surface area contributed by atoms with E-state index in [9.17, 15) is 5.11 Å². The molecule has 1 heterocycles. The molecule has 0 radical (unpaired) electrons. The summed E-state index contributed by atoms with van der Waals surface area (Å²) in [5.74, 6) is 0.746. The number of benzene rings is 1. The van der Waals surface area contributed by atoms with Crippen LogP contribution in [0.2, 0.25) is 0 Å². The topological polar surface area (TPSA) is 35.5 Å². The Morgan fingerprint density at radius 3 is 2.50 bits per heavy atom. The number of rotatable bonds is 7. The van der Waals surface area contributed by atoms with Gasteiger partial charge in [-0.3, -0.25) is 0 Å². The minimum atomic E-state index is -0.570. The number of likely N-dealkylation sites (tertiary alicyclic amines) is 1. The SMILES string of the molecule is CC/C(=C\c1ccccc1)[C@H]1C[C@@H]1NC1CC2(CCN(CC(C)(C)O)CC2)C1. The van der Waals surface area contributed by atoms with Crippen molar-refractivity contribution in [2.45, 2.75) is 77.0 Å². The van der Waals surface area contributed by atoms with Crippen molar-refractivity contribution in [3.63, 3.8) is 0 Å². The van der Waals surface area contributed by atoms with Crippen molar-refractivity contribution in [2.75, 3.05) is 19.6 Å². The molecule has 154 valence electrons. The van der Waals surface area contributed by atoms with Gasteiger partial charge in [-0.2, -0.15) is 0 Å². The van der Waals surface area contributed by atoms with Gasteiger partial charge in [0.05, 0.1) is 5.60 Å². The van der Waals surface area contributed by atoms with Gasteiger partial charge in [0.25, 0.3) is 0 Å². The first-order chi connectivity index (χ1) is 13.4. The summed E-state index contributed by atoms with van der Waals surface area (Å²) < 4.78 is 0. The highest BCUT2D eigenvalue weighted by Crippen LogP contribution is 2.51. The van der Waals surface area contributed by atoms with Crippen molar-refractivity contribution in [1.29, 1.82) is 0 Å². The Balaban J connectivity index is 1.22. The van der Waals surface area contributed by atoms with E-state index in [1.807, 2.05) is 13.8 Å². The van der Waals surface area contributed by atoms with Crippen molar-refractivity contribution in [3.05, 3.63) is 41.5 Å². The third-order valence-corrected chi connectivity index (χ3v) is 7.16. The van der Waals surface area contributed by atoms with E-state index >= 15 is 0 Å². The number of hydrogen-bond donors (Lipinski definition) is 2. The van der Waals surface area contributed by atoms with Crippen molar-refractivity contribution in [3.8, 4) is 0 Å². The van der Waals surface area contributed by atoms with Gasteiger partial charge in [0, 0.05) is 18.6 Å². The molecule has 4 rings (SSSR count). The predicted molar refractivity (Wildman–Crippen MR) is 117 cm³/mol. The lowest BCUT2D eigenvalue weighted by molar-refractivity contribution is -0.0256. The van der Waals surface area contributed by atoms with E-state index in [4.69, 9.17) is 0 Å². The molecule has 1 spiro atoms. The highest BCUT2D eigenvalue weighted by molar-refractivity contribution is 5.54. The van der Waals surface area contributed by atoms with E-state index < -0.39 is 5.60 Å². The molecule has 1 saturated heterocycles. The molecule has 3 fully saturated rings. The van der Waals surface area contributed by atoms with Crippen LogP contribution in [-0.2, 0) is 0 Å². The maximum atomic E-state index is 10.0. The minimum Gasteiger partial charge on any atom is -0.389 e. The van der Waals surface area contributed by atoms with E-state index in [0.29, 0.717) is 11.5 Å². The summed E-state index contributed by atoms with van der Waals surface area (Å²) in [4.78, 5) is 2.45. The van der Waals surface area contributed by atoms with E-state index in [2.05, 4.69) is 53.5 Å². The number of aliphatic hydroxyl groups is 1.